The highest BCUT2D eigenvalue weighted by Crippen LogP contribution is 2.27. The van der Waals surface area contributed by atoms with Gasteiger partial charge >= 0.3 is 0 Å². The van der Waals surface area contributed by atoms with Crippen molar-refractivity contribution in [3.8, 4) is 5.75 Å². The average Bonchev–Trinajstić information content (AvgIpc) is 2.45. The summed E-state index contributed by atoms with van der Waals surface area (Å²) < 4.78 is 23.2. The average molecular weight is 229 g/mol. The van der Waals surface area contributed by atoms with E-state index in [-0.39, 0.29) is 10.1 Å². The number of aromatic nitrogens is 1. The van der Waals surface area contributed by atoms with Crippen LogP contribution in [0.4, 0.5) is 0 Å². The lowest BCUT2D eigenvalue weighted by Crippen LogP contribution is -1.94. The van der Waals surface area contributed by atoms with Gasteiger partial charge in [0.15, 0.2) is 0 Å². The first kappa shape index (κ1) is 9.42. The molecule has 0 aliphatic heterocycles. The van der Waals surface area contributed by atoms with Gasteiger partial charge in [0.2, 0.25) is 14.2 Å². The molecular formula is C8H7NO3S2. The van der Waals surface area contributed by atoms with Crippen molar-refractivity contribution in [1.29, 1.82) is 0 Å². The summed E-state index contributed by atoms with van der Waals surface area (Å²) in [5.74, 6) is 0.0860. The molecule has 1 aromatic heterocycles. The molecule has 6 heteroatoms. The molecule has 2 rings (SSSR count). The van der Waals surface area contributed by atoms with Crippen molar-refractivity contribution in [2.24, 2.45) is 0 Å². The topological polar surface area (TPSA) is 67.3 Å². The van der Waals surface area contributed by atoms with Crippen molar-refractivity contribution >= 4 is 31.4 Å². The summed E-state index contributed by atoms with van der Waals surface area (Å²) in [5.41, 5.74) is 0.510. The molecular weight excluding hydrogens is 222 g/mol. The van der Waals surface area contributed by atoms with Crippen LogP contribution in [0.25, 0.3) is 10.2 Å². The van der Waals surface area contributed by atoms with E-state index in [9.17, 15) is 8.42 Å². The molecule has 0 spiro atoms. The summed E-state index contributed by atoms with van der Waals surface area (Å²) in [6.07, 6.45) is 1.12. The van der Waals surface area contributed by atoms with Crippen LogP contribution in [0, 0.1) is 0 Å². The van der Waals surface area contributed by atoms with Gasteiger partial charge in [-0.15, -0.1) is 11.3 Å². The summed E-state index contributed by atoms with van der Waals surface area (Å²) in [6.45, 7) is 0. The zero-order valence-corrected chi connectivity index (χ0v) is 8.89. The number of phenolic OH excluding ortho intramolecular Hbond substituents is 1. The fourth-order valence-electron chi connectivity index (χ4n) is 1.05. The molecule has 0 saturated heterocycles. The number of phenols is 1. The Morgan fingerprint density at radius 3 is 2.79 bits per heavy atom. The van der Waals surface area contributed by atoms with Crippen molar-refractivity contribution in [2.45, 2.75) is 4.34 Å². The molecule has 0 aliphatic carbocycles. The van der Waals surface area contributed by atoms with E-state index in [4.69, 9.17) is 5.11 Å². The third-order valence-corrected chi connectivity index (χ3v) is 4.38. The van der Waals surface area contributed by atoms with Crippen molar-refractivity contribution in [1.82, 2.24) is 4.98 Å². The van der Waals surface area contributed by atoms with E-state index in [2.05, 4.69) is 4.98 Å². The smallest absolute Gasteiger partial charge is 0.210 e. The van der Waals surface area contributed by atoms with Gasteiger partial charge in [0.1, 0.15) is 5.75 Å². The maximum absolute atomic E-state index is 11.2. The van der Waals surface area contributed by atoms with Crippen LogP contribution in [-0.2, 0) is 9.84 Å². The maximum atomic E-state index is 11.2. The van der Waals surface area contributed by atoms with E-state index in [1.807, 2.05) is 0 Å². The lowest BCUT2D eigenvalue weighted by atomic mass is 10.3. The number of benzene rings is 1. The van der Waals surface area contributed by atoms with E-state index < -0.39 is 9.84 Å². The van der Waals surface area contributed by atoms with Gasteiger partial charge in [0, 0.05) is 12.3 Å². The van der Waals surface area contributed by atoms with Crippen LogP contribution in [-0.4, -0.2) is 24.8 Å². The van der Waals surface area contributed by atoms with Crippen LogP contribution in [0.3, 0.4) is 0 Å². The van der Waals surface area contributed by atoms with Gasteiger partial charge in [-0.1, -0.05) is 0 Å². The van der Waals surface area contributed by atoms with Crippen LogP contribution < -0.4 is 0 Å². The molecule has 74 valence electrons. The zero-order valence-electron chi connectivity index (χ0n) is 7.26. The second kappa shape index (κ2) is 2.93. The van der Waals surface area contributed by atoms with Gasteiger partial charge in [-0.3, -0.25) is 0 Å². The molecule has 0 aliphatic rings. The van der Waals surface area contributed by atoms with Crippen LogP contribution in [0.1, 0.15) is 0 Å². The second-order valence-electron chi connectivity index (χ2n) is 2.90. The standard InChI is InChI=1S/C8H7NO3S2/c1-14(11,12)8-9-6-4-5(10)2-3-7(6)13-8/h2-4,10H,1H3. The highest BCUT2D eigenvalue weighted by atomic mass is 32.2. The first-order valence-corrected chi connectivity index (χ1v) is 6.47. The first-order valence-electron chi connectivity index (χ1n) is 3.76. The van der Waals surface area contributed by atoms with Crippen LogP contribution in [0.5, 0.6) is 5.75 Å². The minimum Gasteiger partial charge on any atom is -0.508 e. The molecule has 0 amide bonds. The number of aromatic hydroxyl groups is 1. The number of sulfone groups is 1. The van der Waals surface area contributed by atoms with E-state index in [1.54, 1.807) is 6.07 Å². The second-order valence-corrected chi connectivity index (χ2v) is 6.12. The van der Waals surface area contributed by atoms with Gasteiger partial charge in [-0.25, -0.2) is 13.4 Å². The largest absolute Gasteiger partial charge is 0.508 e. The molecule has 0 unspecified atom stereocenters. The third-order valence-electron chi connectivity index (χ3n) is 1.67. The minimum atomic E-state index is -3.25. The quantitative estimate of drug-likeness (QED) is 0.802. The van der Waals surface area contributed by atoms with E-state index in [1.165, 1.54) is 12.1 Å². The van der Waals surface area contributed by atoms with Crippen LogP contribution in [0.2, 0.25) is 0 Å². The van der Waals surface area contributed by atoms with E-state index in [0.717, 1.165) is 22.3 Å². The van der Waals surface area contributed by atoms with Gasteiger partial charge in [-0.05, 0) is 12.1 Å². The van der Waals surface area contributed by atoms with Crippen molar-refractivity contribution in [3.63, 3.8) is 0 Å². The van der Waals surface area contributed by atoms with Crippen LogP contribution in [0.15, 0.2) is 22.5 Å². The minimum absolute atomic E-state index is 0.0816. The monoisotopic (exact) mass is 229 g/mol. The summed E-state index contributed by atoms with van der Waals surface area (Å²) >= 11 is 1.10. The van der Waals surface area contributed by atoms with Gasteiger partial charge in [0.05, 0.1) is 10.2 Å². The predicted molar refractivity (Wildman–Crippen MR) is 54.4 cm³/mol. The molecule has 14 heavy (non-hydrogen) atoms. The lowest BCUT2D eigenvalue weighted by molar-refractivity contribution is 0.476. The van der Waals surface area contributed by atoms with Crippen molar-refractivity contribution in [2.75, 3.05) is 6.26 Å². The summed E-state index contributed by atoms with van der Waals surface area (Å²) in [5, 5.41) is 9.16. The predicted octanol–water partition coefficient (Wildman–Crippen LogP) is 1.41. The lowest BCUT2D eigenvalue weighted by Gasteiger charge is -1.88. The Balaban J connectivity index is 2.75. The third kappa shape index (κ3) is 1.58. The molecule has 0 radical (unpaired) electrons. The number of hydrogen-bond acceptors (Lipinski definition) is 5. The first-order chi connectivity index (χ1) is 6.47. The van der Waals surface area contributed by atoms with E-state index >= 15 is 0 Å². The number of hydrogen-bond donors (Lipinski definition) is 1. The summed E-state index contributed by atoms with van der Waals surface area (Å²) in [6, 6.07) is 4.60. The summed E-state index contributed by atoms with van der Waals surface area (Å²) in [7, 11) is -3.25. The molecule has 1 heterocycles. The van der Waals surface area contributed by atoms with Crippen LogP contribution >= 0.6 is 11.3 Å². The Labute approximate surface area is 84.8 Å². The number of fused-ring (bicyclic) bond motifs is 1. The molecule has 4 nitrogen and oxygen atoms in total. The Morgan fingerprint density at radius 1 is 1.43 bits per heavy atom. The summed E-state index contributed by atoms with van der Waals surface area (Å²) in [4.78, 5) is 3.92. The van der Waals surface area contributed by atoms with Gasteiger partial charge < -0.3 is 5.11 Å². The number of nitrogens with zero attached hydrogens (tertiary/aromatic N) is 1. The fraction of sp³-hybridized carbons (Fsp3) is 0.125. The Hall–Kier alpha value is -1.14. The molecule has 0 saturated carbocycles. The molecule has 0 bridgehead atoms. The zero-order chi connectivity index (χ0) is 10.3. The SMILES string of the molecule is CS(=O)(=O)c1nc2cc(O)ccc2s1. The molecule has 1 aromatic carbocycles. The maximum Gasteiger partial charge on any atom is 0.210 e. The molecule has 1 N–H and O–H groups in total. The fourth-order valence-corrected chi connectivity index (χ4v) is 2.87. The Bertz CT molecular complexity index is 586. The van der Waals surface area contributed by atoms with E-state index in [0.29, 0.717) is 5.52 Å². The Morgan fingerprint density at radius 2 is 2.14 bits per heavy atom. The Kier molecular flexibility index (Phi) is 1.97. The van der Waals surface area contributed by atoms with Gasteiger partial charge in [-0.2, -0.15) is 0 Å². The van der Waals surface area contributed by atoms with Crippen molar-refractivity contribution < 1.29 is 13.5 Å². The number of thiazole rings is 1. The number of rotatable bonds is 1. The van der Waals surface area contributed by atoms with Gasteiger partial charge in [0.25, 0.3) is 0 Å². The molecule has 0 atom stereocenters. The molecule has 0 fully saturated rings. The van der Waals surface area contributed by atoms with Crippen molar-refractivity contribution in [3.05, 3.63) is 18.2 Å². The molecule has 2 aromatic rings. The normalized spacial score (nSPS) is 12.1. The highest BCUT2D eigenvalue weighted by molar-refractivity contribution is 7.92. The highest BCUT2D eigenvalue weighted by Gasteiger charge is 2.13.